The summed E-state index contributed by atoms with van der Waals surface area (Å²) in [7, 11) is 2.88. The molecule has 0 saturated carbocycles. The van der Waals surface area contributed by atoms with Crippen LogP contribution in [0.25, 0.3) is 0 Å². The molecule has 0 rings (SSSR count). The van der Waals surface area contributed by atoms with Crippen LogP contribution in [0.15, 0.2) is 0 Å². The van der Waals surface area contributed by atoms with Crippen molar-refractivity contribution in [3.8, 4) is 0 Å². The molecule has 15 heavy (non-hydrogen) atoms. The van der Waals surface area contributed by atoms with E-state index in [-0.39, 0.29) is 18.8 Å². The lowest BCUT2D eigenvalue weighted by Gasteiger charge is -2.30. The number of carbonyl (C=O) groups is 1. The van der Waals surface area contributed by atoms with Crippen LogP contribution < -0.4 is 0 Å². The van der Waals surface area contributed by atoms with Crippen molar-refractivity contribution >= 4 is 5.97 Å². The molecule has 0 aliphatic heterocycles. The van der Waals surface area contributed by atoms with Crippen LogP contribution in [0.2, 0.25) is 0 Å². The smallest absolute Gasteiger partial charge is 0.305 e. The van der Waals surface area contributed by atoms with Crippen LogP contribution >= 0.6 is 0 Å². The van der Waals surface area contributed by atoms with Crippen LogP contribution in [-0.4, -0.2) is 43.8 Å². The molecule has 1 N–H and O–H groups in total. The lowest BCUT2D eigenvalue weighted by atomic mass is 9.99. The summed E-state index contributed by atoms with van der Waals surface area (Å²) in [5.74, 6) is -0.330. The molecule has 0 aliphatic rings. The first-order valence-electron chi connectivity index (χ1n) is 4.91. The number of hydrogen-bond acceptors (Lipinski definition) is 5. The van der Waals surface area contributed by atoms with Gasteiger partial charge in [0.05, 0.1) is 6.61 Å². The molecule has 5 heteroatoms. The molecule has 0 fully saturated rings. The predicted molar refractivity (Wildman–Crippen MR) is 54.3 cm³/mol. The third-order valence-corrected chi connectivity index (χ3v) is 2.08. The number of ether oxygens (including phenoxy) is 3. The second-order valence-electron chi connectivity index (χ2n) is 3.47. The van der Waals surface area contributed by atoms with Crippen molar-refractivity contribution < 1.29 is 24.1 Å². The quantitative estimate of drug-likeness (QED) is 0.505. The number of methoxy groups -OCH3 is 2. The predicted octanol–water partition coefficient (Wildman–Crippen LogP) is 0.700. The van der Waals surface area contributed by atoms with Crippen molar-refractivity contribution in [3.05, 3.63) is 0 Å². The van der Waals surface area contributed by atoms with Crippen LogP contribution in [0.5, 0.6) is 0 Å². The van der Waals surface area contributed by atoms with Crippen LogP contribution in [0.4, 0.5) is 0 Å². The van der Waals surface area contributed by atoms with Crippen molar-refractivity contribution in [3.63, 3.8) is 0 Å². The van der Waals surface area contributed by atoms with Crippen LogP contribution in [0, 0.1) is 0 Å². The minimum atomic E-state index is -1.20. The highest BCUT2D eigenvalue weighted by atomic mass is 16.7. The molecule has 90 valence electrons. The van der Waals surface area contributed by atoms with Crippen LogP contribution in [0.3, 0.4) is 0 Å². The van der Waals surface area contributed by atoms with Crippen molar-refractivity contribution in [2.45, 2.75) is 38.6 Å². The molecule has 0 aromatic carbocycles. The molecule has 0 heterocycles. The lowest BCUT2D eigenvalue weighted by molar-refractivity contribution is -0.211. The standard InChI is InChI=1S/C10H20O5/c1-5-15-8(11)6-7-10(2,12)9(13-3)14-4/h9,12H,5-7H2,1-4H3. The van der Waals surface area contributed by atoms with Gasteiger partial charge in [0.25, 0.3) is 0 Å². The normalized spacial score (nSPS) is 15.1. The van der Waals surface area contributed by atoms with Crippen LogP contribution in [-0.2, 0) is 19.0 Å². The fourth-order valence-corrected chi connectivity index (χ4v) is 1.31. The summed E-state index contributed by atoms with van der Waals surface area (Å²) in [4.78, 5) is 11.1. The zero-order chi connectivity index (χ0) is 11.9. The Kier molecular flexibility index (Phi) is 6.47. The Morgan fingerprint density at radius 2 is 1.93 bits per heavy atom. The second kappa shape index (κ2) is 6.76. The van der Waals surface area contributed by atoms with Crippen molar-refractivity contribution in [2.24, 2.45) is 0 Å². The Labute approximate surface area is 90.3 Å². The van der Waals surface area contributed by atoms with Gasteiger partial charge in [0.2, 0.25) is 0 Å². The highest BCUT2D eigenvalue weighted by molar-refractivity contribution is 5.69. The van der Waals surface area contributed by atoms with E-state index >= 15 is 0 Å². The summed E-state index contributed by atoms with van der Waals surface area (Å²) < 4.78 is 14.6. The third kappa shape index (κ3) is 5.11. The summed E-state index contributed by atoms with van der Waals surface area (Å²) in [5, 5.41) is 9.93. The molecular weight excluding hydrogens is 200 g/mol. The van der Waals surface area contributed by atoms with Crippen molar-refractivity contribution in [1.82, 2.24) is 0 Å². The fraction of sp³-hybridized carbons (Fsp3) is 0.900. The van der Waals surface area contributed by atoms with E-state index in [2.05, 4.69) is 0 Å². The summed E-state index contributed by atoms with van der Waals surface area (Å²) in [6.45, 7) is 3.64. The zero-order valence-electron chi connectivity index (χ0n) is 9.78. The molecule has 0 saturated heterocycles. The van der Waals surface area contributed by atoms with Gasteiger partial charge in [0.15, 0.2) is 6.29 Å². The summed E-state index contributed by atoms with van der Waals surface area (Å²) >= 11 is 0. The summed E-state index contributed by atoms with van der Waals surface area (Å²) in [5.41, 5.74) is -1.20. The number of esters is 1. The highest BCUT2D eigenvalue weighted by Crippen LogP contribution is 2.20. The number of carbonyl (C=O) groups excluding carboxylic acids is 1. The van der Waals surface area contributed by atoms with E-state index in [9.17, 15) is 9.90 Å². The van der Waals surface area contributed by atoms with Gasteiger partial charge < -0.3 is 19.3 Å². The monoisotopic (exact) mass is 220 g/mol. The number of aliphatic hydroxyl groups is 1. The first-order chi connectivity index (χ1) is 6.97. The molecular formula is C10H20O5. The van der Waals surface area contributed by atoms with Gasteiger partial charge in [-0.2, -0.15) is 0 Å². The minimum absolute atomic E-state index is 0.143. The molecule has 0 amide bonds. The van der Waals surface area contributed by atoms with Gasteiger partial charge in [0.1, 0.15) is 5.60 Å². The number of rotatable bonds is 7. The maximum absolute atomic E-state index is 11.1. The van der Waals surface area contributed by atoms with E-state index < -0.39 is 11.9 Å². The number of hydrogen-bond donors (Lipinski definition) is 1. The second-order valence-corrected chi connectivity index (χ2v) is 3.47. The molecule has 0 aliphatic carbocycles. The van der Waals surface area contributed by atoms with Crippen LogP contribution in [0.1, 0.15) is 26.7 Å². The first-order valence-corrected chi connectivity index (χ1v) is 4.91. The van der Waals surface area contributed by atoms with Gasteiger partial charge in [-0.15, -0.1) is 0 Å². The van der Waals surface area contributed by atoms with Gasteiger partial charge in [0, 0.05) is 20.6 Å². The summed E-state index contributed by atoms with van der Waals surface area (Å²) in [6.07, 6.45) is -0.366. The van der Waals surface area contributed by atoms with Gasteiger partial charge in [-0.1, -0.05) is 0 Å². The Morgan fingerprint density at radius 3 is 2.33 bits per heavy atom. The Hall–Kier alpha value is -0.650. The molecule has 0 spiro atoms. The van der Waals surface area contributed by atoms with E-state index in [1.165, 1.54) is 14.2 Å². The molecule has 0 aromatic heterocycles. The lowest BCUT2D eigenvalue weighted by Crippen LogP contribution is -2.42. The highest BCUT2D eigenvalue weighted by Gasteiger charge is 2.32. The molecule has 0 radical (unpaired) electrons. The Morgan fingerprint density at radius 1 is 1.40 bits per heavy atom. The summed E-state index contributed by atoms with van der Waals surface area (Å²) in [6, 6.07) is 0. The average molecular weight is 220 g/mol. The van der Waals surface area contributed by atoms with Gasteiger partial charge in [-0.05, 0) is 20.3 Å². The van der Waals surface area contributed by atoms with Gasteiger partial charge in [-0.3, -0.25) is 4.79 Å². The average Bonchev–Trinajstić information content (AvgIpc) is 2.17. The zero-order valence-corrected chi connectivity index (χ0v) is 9.78. The van der Waals surface area contributed by atoms with E-state index in [0.717, 1.165) is 0 Å². The van der Waals surface area contributed by atoms with Crippen molar-refractivity contribution in [1.29, 1.82) is 0 Å². The first kappa shape index (κ1) is 14.3. The molecule has 1 unspecified atom stereocenters. The fourth-order valence-electron chi connectivity index (χ4n) is 1.31. The van der Waals surface area contributed by atoms with E-state index in [1.807, 2.05) is 0 Å². The minimum Gasteiger partial charge on any atom is -0.466 e. The van der Waals surface area contributed by atoms with Gasteiger partial charge in [-0.25, -0.2) is 0 Å². The third-order valence-electron chi connectivity index (χ3n) is 2.08. The van der Waals surface area contributed by atoms with E-state index in [1.54, 1.807) is 13.8 Å². The molecule has 0 aromatic rings. The van der Waals surface area contributed by atoms with Crippen molar-refractivity contribution in [2.75, 3.05) is 20.8 Å². The van der Waals surface area contributed by atoms with Gasteiger partial charge >= 0.3 is 5.97 Å². The molecule has 1 atom stereocenters. The Bertz CT molecular complexity index is 186. The topological polar surface area (TPSA) is 65.0 Å². The maximum Gasteiger partial charge on any atom is 0.305 e. The SMILES string of the molecule is CCOC(=O)CCC(C)(O)C(OC)OC. The maximum atomic E-state index is 11.1. The molecule has 5 nitrogen and oxygen atoms in total. The van der Waals surface area contributed by atoms with E-state index in [0.29, 0.717) is 6.61 Å². The Balaban J connectivity index is 4.07. The largest absolute Gasteiger partial charge is 0.466 e. The van der Waals surface area contributed by atoms with E-state index in [4.69, 9.17) is 14.2 Å². The molecule has 0 bridgehead atoms.